The number of carbonyl (C=O) groups is 13. The van der Waals surface area contributed by atoms with Crippen molar-refractivity contribution in [2.75, 3.05) is 24.6 Å². The van der Waals surface area contributed by atoms with Crippen LogP contribution in [0.5, 0.6) is 0 Å². The van der Waals surface area contributed by atoms with Crippen molar-refractivity contribution in [1.82, 2.24) is 57.8 Å². The average molecular weight is 1350 g/mol. The minimum Gasteiger partial charge on any atom is -0.481 e. The van der Waals surface area contributed by atoms with Crippen LogP contribution in [0.15, 0.2) is 65.9 Å². The summed E-state index contributed by atoms with van der Waals surface area (Å²) in [6.45, 7) is 1.19. The fraction of sp³-hybridized carbons (Fsp3) is 0.483. The van der Waals surface area contributed by atoms with E-state index >= 15 is 0 Å². The molecule has 2 aromatic carbocycles. The quantitative estimate of drug-likeness (QED) is 0.00857. The van der Waals surface area contributed by atoms with Gasteiger partial charge in [0.1, 0.15) is 54.4 Å². The summed E-state index contributed by atoms with van der Waals surface area (Å²) >= 11 is 8.38. The zero-order valence-electron chi connectivity index (χ0n) is 51.3. The molecule has 2 heterocycles. The van der Waals surface area contributed by atoms with Gasteiger partial charge >= 0.3 is 17.9 Å². The predicted molar refractivity (Wildman–Crippen MR) is 347 cm³/mol. The molecule has 11 atom stereocenters. The van der Waals surface area contributed by atoms with Crippen molar-refractivity contribution in [3.05, 3.63) is 72.1 Å². The standard InChI is InChI=1S/C58H83N17O17S2/c1-28(76)47(56(90)70-39(16-18-45(78)79)52(86)71-40(23-46(80)81)53(87)72-41(57(91)92)22-30-25-66-35-12-5-3-10-32(30)35)75-55(89)43(27-94)74-54(88)42(26-93)73-50(84)37(14-8-20-64-58(62)63)69-49(83)36(13-6-7-19-59)68-51(85)38(15-17-44(61)77)67-48(82)33(60)21-29-24-65-34-11-4-2-9-31(29)34/h2-5,9-12,24-25,28,33,36-43,47,65-66,76,93-94H,6-8,13-23,26-27,59-60H2,1H3,(H2,61,77)(H,67,82)(H,68,85)(H,69,83)(H,70,90)(H,71,86)(H,72,87)(H,73,84)(H,74,88)(H,75,89)(H,78,79)(H,80,81)(H,91,92)(H4,62,63,64)/t28-,33+,36+,37+,38+,39+,40+,41+,42+,43+,47+/m1/s1. The number of thiol groups is 2. The number of aromatic amines is 2. The monoisotopic (exact) mass is 1350 g/mol. The van der Waals surface area contributed by atoms with Gasteiger partial charge in [0, 0.05) is 71.5 Å². The third-order valence-electron chi connectivity index (χ3n) is 14.6. The van der Waals surface area contributed by atoms with Gasteiger partial charge in [-0.3, -0.25) is 62.5 Å². The van der Waals surface area contributed by atoms with Gasteiger partial charge in [-0.05, 0) is 88.1 Å². The lowest BCUT2D eigenvalue weighted by Gasteiger charge is -2.28. The van der Waals surface area contributed by atoms with E-state index in [1.807, 2.05) is 24.3 Å². The molecule has 0 fully saturated rings. The van der Waals surface area contributed by atoms with Crippen molar-refractivity contribution in [1.29, 1.82) is 0 Å². The molecule has 0 saturated heterocycles. The molecule has 0 spiro atoms. The van der Waals surface area contributed by atoms with Crippen LogP contribution in [0.4, 0.5) is 0 Å². The number of amides is 10. The van der Waals surface area contributed by atoms with E-state index < -0.39 is 174 Å². The molecule has 0 aliphatic heterocycles. The number of carboxylic acids is 3. The van der Waals surface area contributed by atoms with Crippen molar-refractivity contribution in [3.63, 3.8) is 0 Å². The number of H-pyrrole nitrogens is 2. The summed E-state index contributed by atoms with van der Waals surface area (Å²) in [5, 5.41) is 62.7. The number of benzene rings is 2. The van der Waals surface area contributed by atoms with Crippen LogP contribution < -0.4 is 76.5 Å². The van der Waals surface area contributed by atoms with Crippen molar-refractivity contribution >= 4 is 130 Å². The van der Waals surface area contributed by atoms with Gasteiger partial charge in [0.25, 0.3) is 0 Å². The van der Waals surface area contributed by atoms with Gasteiger partial charge in [-0.1, -0.05) is 36.4 Å². The molecule has 0 aliphatic rings. The number of hydrogen-bond acceptors (Lipinski definition) is 19. The number of guanidine groups is 1. The van der Waals surface area contributed by atoms with E-state index in [0.717, 1.165) is 23.4 Å². The number of aromatic nitrogens is 2. The highest BCUT2D eigenvalue weighted by Gasteiger charge is 2.37. The molecule has 0 unspecified atom stereocenters. The van der Waals surface area contributed by atoms with Crippen LogP contribution in [-0.2, 0) is 75.2 Å². The first-order valence-electron chi connectivity index (χ1n) is 29.8. The number of nitrogens with zero attached hydrogens (tertiary/aromatic N) is 1. The second-order valence-electron chi connectivity index (χ2n) is 21.9. The third kappa shape index (κ3) is 24.8. The number of aliphatic hydroxyl groups excluding tert-OH is 1. The van der Waals surface area contributed by atoms with E-state index in [9.17, 15) is 82.8 Å². The second kappa shape index (κ2) is 38.5. The minimum absolute atomic E-state index is 0.0458. The van der Waals surface area contributed by atoms with Crippen LogP contribution in [0.25, 0.3) is 21.8 Å². The van der Waals surface area contributed by atoms with E-state index in [0.29, 0.717) is 22.9 Å². The summed E-state index contributed by atoms with van der Waals surface area (Å²) in [5.74, 6) is -16.4. The van der Waals surface area contributed by atoms with Crippen LogP contribution >= 0.6 is 25.3 Å². The maximum absolute atomic E-state index is 14.3. The number of aliphatic hydroxyl groups is 1. The maximum Gasteiger partial charge on any atom is 0.326 e. The number of unbranched alkanes of at least 4 members (excludes halogenated alkanes) is 1. The summed E-state index contributed by atoms with van der Waals surface area (Å²) in [6, 6.07) is -2.17. The van der Waals surface area contributed by atoms with Gasteiger partial charge < -0.3 is 107 Å². The Hall–Kier alpha value is -9.52. The van der Waals surface area contributed by atoms with Gasteiger partial charge in [0.2, 0.25) is 59.1 Å². The molecule has 10 amide bonds. The number of nitrogens with one attached hydrogen (secondary N) is 11. The van der Waals surface area contributed by atoms with Gasteiger partial charge in [-0.15, -0.1) is 0 Å². The van der Waals surface area contributed by atoms with Gasteiger partial charge in [-0.25, -0.2) is 4.79 Å². The number of fused-ring (bicyclic) bond motifs is 2. The highest BCUT2D eigenvalue weighted by atomic mass is 32.1. The molecular formula is C58H83N17O17S2. The zero-order valence-corrected chi connectivity index (χ0v) is 53.1. The number of aliphatic imine (C=N–C) groups is 1. The highest BCUT2D eigenvalue weighted by molar-refractivity contribution is 7.80. The lowest BCUT2D eigenvalue weighted by Crippen LogP contribution is -2.62. The predicted octanol–water partition coefficient (Wildman–Crippen LogP) is -4.76. The number of aliphatic carboxylic acids is 3. The number of carboxylic acid groups (broad SMARTS) is 3. The fourth-order valence-electron chi connectivity index (χ4n) is 9.58. The lowest BCUT2D eigenvalue weighted by atomic mass is 10.0. The Morgan fingerprint density at radius 3 is 1.38 bits per heavy atom. The van der Waals surface area contributed by atoms with Crippen LogP contribution in [0.3, 0.4) is 0 Å². The van der Waals surface area contributed by atoms with Crippen molar-refractivity contribution in [2.45, 2.75) is 150 Å². The summed E-state index contributed by atoms with van der Waals surface area (Å²) in [4.78, 5) is 183. The summed E-state index contributed by atoms with van der Waals surface area (Å²) in [5.41, 5.74) is 31.1. The highest BCUT2D eigenvalue weighted by Crippen LogP contribution is 2.21. The molecule has 514 valence electrons. The number of hydrogen-bond donors (Lipinski definition) is 22. The van der Waals surface area contributed by atoms with E-state index in [1.54, 1.807) is 30.5 Å². The molecule has 36 heteroatoms. The van der Waals surface area contributed by atoms with Crippen LogP contribution in [-0.4, -0.2) is 204 Å². The van der Waals surface area contributed by atoms with E-state index in [2.05, 4.69) is 88.1 Å². The molecule has 94 heavy (non-hydrogen) atoms. The summed E-state index contributed by atoms with van der Waals surface area (Å²) in [7, 11) is 0. The Balaban J connectivity index is 1.48. The summed E-state index contributed by atoms with van der Waals surface area (Å²) < 4.78 is 0. The molecule has 0 saturated carbocycles. The number of rotatable bonds is 42. The molecule has 2 aromatic heterocycles. The average Bonchev–Trinajstić information content (AvgIpc) is 1.65. The smallest absolute Gasteiger partial charge is 0.326 e. The lowest BCUT2D eigenvalue weighted by molar-refractivity contribution is -0.143. The first-order chi connectivity index (χ1) is 44.6. The molecular weight excluding hydrogens is 1270 g/mol. The SMILES string of the molecule is C[C@@H](O)[C@H](NC(=O)[C@H](CS)NC(=O)[C@H](CS)NC(=O)[C@H](CCCN=C(N)N)NC(=O)[C@H](CCCCN)NC(=O)[C@H](CCC(N)=O)NC(=O)[C@@H](N)Cc1c[nH]c2ccccc12)C(=O)N[C@@H](CCC(=O)O)C(=O)N[C@@H](CC(=O)O)C(=O)N[C@@H](Cc1c[nH]c2ccccc12)C(=O)O. The normalized spacial score (nSPS) is 14.7. The third-order valence-corrected chi connectivity index (χ3v) is 15.4. The van der Waals surface area contributed by atoms with E-state index in [4.69, 9.17) is 28.7 Å². The number of primary amides is 1. The van der Waals surface area contributed by atoms with Crippen molar-refractivity contribution < 1.29 is 82.8 Å². The Morgan fingerprint density at radius 1 is 0.500 bits per heavy atom. The van der Waals surface area contributed by atoms with E-state index in [-0.39, 0.29) is 70.4 Å². The molecule has 4 aromatic rings. The first kappa shape index (κ1) is 76.9. The molecule has 0 aliphatic carbocycles. The van der Waals surface area contributed by atoms with Crippen molar-refractivity contribution in [3.8, 4) is 0 Å². The minimum atomic E-state index is -2.00. The maximum atomic E-state index is 14.3. The van der Waals surface area contributed by atoms with Crippen molar-refractivity contribution in [2.24, 2.45) is 33.7 Å². The number of nitrogens with two attached hydrogens (primary N) is 5. The topological polar surface area (TPSA) is 585 Å². The Kier molecular flexibility index (Phi) is 31.5. The molecule has 4 rings (SSSR count). The Morgan fingerprint density at radius 2 is 0.915 bits per heavy atom. The van der Waals surface area contributed by atoms with Gasteiger partial charge in [0.05, 0.1) is 18.6 Å². The molecule has 34 nitrogen and oxygen atoms in total. The molecule has 25 N–H and O–H groups in total. The number of para-hydroxylation sites is 2. The van der Waals surface area contributed by atoms with Gasteiger partial charge in [-0.2, -0.15) is 25.3 Å². The molecule has 0 radical (unpaired) electrons. The molecule has 0 bridgehead atoms. The Labute approximate surface area is 549 Å². The fourth-order valence-corrected chi connectivity index (χ4v) is 10.1. The first-order valence-corrected chi connectivity index (χ1v) is 31.0. The number of carbonyl (C=O) groups excluding carboxylic acids is 10. The van der Waals surface area contributed by atoms with Crippen LogP contribution in [0, 0.1) is 0 Å². The second-order valence-corrected chi connectivity index (χ2v) is 22.7. The zero-order chi connectivity index (χ0) is 69.8. The van der Waals surface area contributed by atoms with Crippen LogP contribution in [0.1, 0.15) is 82.3 Å². The Bertz CT molecular complexity index is 3360. The summed E-state index contributed by atoms with van der Waals surface area (Å²) in [6.07, 6.45) is -1.66. The van der Waals surface area contributed by atoms with E-state index in [1.165, 1.54) is 6.20 Å². The largest absolute Gasteiger partial charge is 0.481 e. The van der Waals surface area contributed by atoms with Gasteiger partial charge in [0.15, 0.2) is 5.96 Å². The van der Waals surface area contributed by atoms with Crippen LogP contribution in [0.2, 0.25) is 0 Å².